The summed E-state index contributed by atoms with van der Waals surface area (Å²) in [7, 11) is 1.53. The molecule has 2 rings (SSSR count). The van der Waals surface area contributed by atoms with E-state index >= 15 is 0 Å². The molecule has 0 fully saturated rings. The van der Waals surface area contributed by atoms with Crippen LogP contribution >= 0.6 is 11.6 Å². The maximum atomic E-state index is 6.02. The second-order valence-electron chi connectivity index (χ2n) is 4.13. The molecule has 2 aromatic rings. The van der Waals surface area contributed by atoms with Crippen LogP contribution in [0.2, 0.25) is 5.02 Å². The molecule has 1 atom stereocenters. The van der Waals surface area contributed by atoms with E-state index in [2.05, 4.69) is 10.1 Å². The zero-order valence-electron chi connectivity index (χ0n) is 11.5. The molecule has 0 aliphatic carbocycles. The molecule has 7 heteroatoms. The number of ether oxygens (including phenoxy) is 2. The molecule has 0 saturated carbocycles. The van der Waals surface area contributed by atoms with E-state index in [1.807, 2.05) is 13.8 Å². The Hall–Kier alpha value is -1.79. The lowest BCUT2D eigenvalue weighted by Crippen LogP contribution is -2.01. The number of aromatic nitrogens is 2. The van der Waals surface area contributed by atoms with E-state index in [4.69, 9.17) is 31.3 Å². The third-order valence-corrected chi connectivity index (χ3v) is 3.10. The minimum absolute atomic E-state index is 0.243. The highest BCUT2D eigenvalue weighted by molar-refractivity contribution is 6.33. The minimum atomic E-state index is -0.243. The largest absolute Gasteiger partial charge is 0.496 e. The summed E-state index contributed by atoms with van der Waals surface area (Å²) in [5, 5.41) is 4.30. The Labute approximate surface area is 121 Å². The van der Waals surface area contributed by atoms with Gasteiger partial charge in [0.15, 0.2) is 0 Å². The van der Waals surface area contributed by atoms with Gasteiger partial charge in [-0.1, -0.05) is 16.8 Å². The van der Waals surface area contributed by atoms with Gasteiger partial charge >= 0.3 is 0 Å². The van der Waals surface area contributed by atoms with E-state index in [0.717, 1.165) is 0 Å². The molecular formula is C13H16ClN3O3. The van der Waals surface area contributed by atoms with Gasteiger partial charge in [0.1, 0.15) is 11.9 Å². The first-order valence-electron chi connectivity index (χ1n) is 6.15. The van der Waals surface area contributed by atoms with E-state index in [-0.39, 0.29) is 6.10 Å². The second-order valence-corrected chi connectivity index (χ2v) is 4.54. The van der Waals surface area contributed by atoms with Crippen LogP contribution in [0.4, 0.5) is 5.69 Å². The highest BCUT2D eigenvalue weighted by Crippen LogP contribution is 2.35. The van der Waals surface area contributed by atoms with Crippen molar-refractivity contribution in [2.75, 3.05) is 19.5 Å². The Bertz CT molecular complexity index is 601. The lowest BCUT2D eigenvalue weighted by Gasteiger charge is -2.07. The van der Waals surface area contributed by atoms with Crippen LogP contribution < -0.4 is 10.5 Å². The van der Waals surface area contributed by atoms with Crippen molar-refractivity contribution in [1.29, 1.82) is 0 Å². The van der Waals surface area contributed by atoms with Gasteiger partial charge in [0.25, 0.3) is 5.89 Å². The molecule has 0 aliphatic heterocycles. The van der Waals surface area contributed by atoms with Crippen LogP contribution in [-0.2, 0) is 4.74 Å². The summed E-state index contributed by atoms with van der Waals surface area (Å²) >= 11 is 6.02. The molecule has 6 nitrogen and oxygen atoms in total. The Morgan fingerprint density at radius 2 is 2.20 bits per heavy atom. The van der Waals surface area contributed by atoms with Gasteiger partial charge in [-0.05, 0) is 19.9 Å². The van der Waals surface area contributed by atoms with Gasteiger partial charge in [-0.3, -0.25) is 0 Å². The van der Waals surface area contributed by atoms with E-state index in [9.17, 15) is 0 Å². The Balaban J connectivity index is 2.39. The third-order valence-electron chi connectivity index (χ3n) is 2.77. The first-order valence-corrected chi connectivity index (χ1v) is 6.53. The highest BCUT2D eigenvalue weighted by atomic mass is 35.5. The quantitative estimate of drug-likeness (QED) is 0.854. The molecule has 0 amide bonds. The molecule has 108 valence electrons. The number of anilines is 1. The fourth-order valence-corrected chi connectivity index (χ4v) is 1.90. The number of halogens is 1. The molecule has 0 radical (unpaired) electrons. The number of methoxy groups -OCH3 is 1. The number of nitrogens with two attached hydrogens (primary N) is 1. The number of nitrogens with zero attached hydrogens (tertiary/aromatic N) is 2. The molecule has 2 N–H and O–H groups in total. The average molecular weight is 298 g/mol. The number of nitrogen functional groups attached to an aromatic ring is 1. The van der Waals surface area contributed by atoms with E-state index < -0.39 is 0 Å². The summed E-state index contributed by atoms with van der Waals surface area (Å²) in [6.07, 6.45) is -0.243. The lowest BCUT2D eigenvalue weighted by molar-refractivity contribution is 0.0683. The number of rotatable bonds is 5. The zero-order chi connectivity index (χ0) is 14.7. The molecular weight excluding hydrogens is 282 g/mol. The van der Waals surface area contributed by atoms with Gasteiger partial charge in [-0.25, -0.2) is 0 Å². The van der Waals surface area contributed by atoms with Crippen molar-refractivity contribution in [2.45, 2.75) is 20.0 Å². The lowest BCUT2D eigenvalue weighted by atomic mass is 10.2. The summed E-state index contributed by atoms with van der Waals surface area (Å²) < 4.78 is 15.9. The predicted octanol–water partition coefficient (Wildman–Crippen LogP) is 3.08. The normalized spacial score (nSPS) is 12.4. The monoisotopic (exact) mass is 297 g/mol. The summed E-state index contributed by atoms with van der Waals surface area (Å²) in [5.74, 6) is 1.30. The number of benzene rings is 1. The maximum absolute atomic E-state index is 6.02. The summed E-state index contributed by atoms with van der Waals surface area (Å²) in [6, 6.07) is 3.26. The smallest absolute Gasteiger partial charge is 0.261 e. The van der Waals surface area contributed by atoms with Crippen LogP contribution in [-0.4, -0.2) is 23.9 Å². The molecule has 0 bridgehead atoms. The van der Waals surface area contributed by atoms with Gasteiger partial charge in [0, 0.05) is 12.7 Å². The summed E-state index contributed by atoms with van der Waals surface area (Å²) in [5.41, 5.74) is 6.76. The molecule has 20 heavy (non-hydrogen) atoms. The van der Waals surface area contributed by atoms with Crippen LogP contribution in [0.1, 0.15) is 25.8 Å². The first kappa shape index (κ1) is 14.6. The number of hydrogen-bond acceptors (Lipinski definition) is 6. The molecule has 1 unspecified atom stereocenters. The molecule has 0 saturated heterocycles. The maximum Gasteiger partial charge on any atom is 0.261 e. The van der Waals surface area contributed by atoms with Gasteiger partial charge in [-0.2, -0.15) is 4.98 Å². The third kappa shape index (κ3) is 2.86. The van der Waals surface area contributed by atoms with Gasteiger partial charge in [-0.15, -0.1) is 0 Å². The van der Waals surface area contributed by atoms with Gasteiger partial charge in [0.05, 0.1) is 23.4 Å². The fourth-order valence-electron chi connectivity index (χ4n) is 1.74. The van der Waals surface area contributed by atoms with E-state index in [1.54, 1.807) is 12.1 Å². The van der Waals surface area contributed by atoms with Crippen LogP contribution in [0.15, 0.2) is 16.7 Å². The Morgan fingerprint density at radius 1 is 1.45 bits per heavy atom. The predicted molar refractivity (Wildman–Crippen MR) is 75.7 cm³/mol. The first-order chi connectivity index (χ1) is 9.56. The molecule has 1 aromatic carbocycles. The second kappa shape index (κ2) is 6.11. The van der Waals surface area contributed by atoms with Crippen LogP contribution in [0.5, 0.6) is 5.75 Å². The Morgan fingerprint density at radius 3 is 2.85 bits per heavy atom. The standard InChI is InChI=1S/C13H16ClN3O3/c1-4-19-7(2)12-16-13(20-17-12)8-5-9(14)10(15)6-11(8)18-3/h5-7H,4,15H2,1-3H3. The van der Waals surface area contributed by atoms with Crippen molar-refractivity contribution in [3.63, 3.8) is 0 Å². The summed E-state index contributed by atoms with van der Waals surface area (Å²) in [4.78, 5) is 4.30. The van der Waals surface area contributed by atoms with Crippen molar-refractivity contribution in [1.82, 2.24) is 10.1 Å². The Kier molecular flexibility index (Phi) is 4.46. The van der Waals surface area contributed by atoms with Crippen molar-refractivity contribution in [3.8, 4) is 17.2 Å². The highest BCUT2D eigenvalue weighted by Gasteiger charge is 2.19. The molecule has 1 heterocycles. The van der Waals surface area contributed by atoms with Crippen LogP contribution in [0, 0.1) is 0 Å². The summed E-state index contributed by atoms with van der Waals surface area (Å²) in [6.45, 7) is 4.33. The van der Waals surface area contributed by atoms with E-state index in [1.165, 1.54) is 7.11 Å². The molecule has 1 aromatic heterocycles. The topological polar surface area (TPSA) is 83.4 Å². The molecule has 0 aliphatic rings. The van der Waals surface area contributed by atoms with Crippen molar-refractivity contribution in [2.24, 2.45) is 0 Å². The van der Waals surface area contributed by atoms with Crippen molar-refractivity contribution >= 4 is 17.3 Å². The van der Waals surface area contributed by atoms with Crippen molar-refractivity contribution < 1.29 is 14.0 Å². The van der Waals surface area contributed by atoms with Gasteiger partial charge in [0.2, 0.25) is 5.82 Å². The minimum Gasteiger partial charge on any atom is -0.496 e. The molecule has 0 spiro atoms. The van der Waals surface area contributed by atoms with Crippen LogP contribution in [0.3, 0.4) is 0 Å². The zero-order valence-corrected chi connectivity index (χ0v) is 12.3. The van der Waals surface area contributed by atoms with Crippen molar-refractivity contribution in [3.05, 3.63) is 23.0 Å². The van der Waals surface area contributed by atoms with Crippen LogP contribution in [0.25, 0.3) is 11.5 Å². The van der Waals surface area contributed by atoms with Gasteiger partial charge < -0.3 is 19.7 Å². The fraction of sp³-hybridized carbons (Fsp3) is 0.385. The average Bonchev–Trinajstić information content (AvgIpc) is 2.91. The number of hydrogen-bond donors (Lipinski definition) is 1. The van der Waals surface area contributed by atoms with E-state index in [0.29, 0.717) is 40.3 Å². The SMILES string of the molecule is CCOC(C)c1noc(-c2cc(Cl)c(N)cc2OC)n1.